The number of benzene rings is 3. The van der Waals surface area contributed by atoms with Crippen molar-refractivity contribution in [3.05, 3.63) is 83.1 Å². The number of aromatic nitrogens is 4. The van der Waals surface area contributed by atoms with Gasteiger partial charge in [0, 0.05) is 10.6 Å². The molecule has 0 bridgehead atoms. The number of halogens is 1. The SMILES string of the molecule is CCOc1ccccc1NC(=O)c1nnn(-c2ccc3noc(-c4ccc(Cl)cc4)c3c2)c1C. The highest BCUT2D eigenvalue weighted by atomic mass is 35.5. The van der Waals surface area contributed by atoms with Crippen LogP contribution in [0.5, 0.6) is 5.75 Å². The quantitative estimate of drug-likeness (QED) is 0.340. The standard InChI is InChI=1S/C25H20ClN5O3/c1-3-33-22-7-5-4-6-21(22)27-25(32)23-15(2)31(30-28-23)18-12-13-20-19(14-18)24(34-29-20)16-8-10-17(26)11-9-16/h4-14H,3H2,1-2H3,(H,27,32). The fourth-order valence-corrected chi connectivity index (χ4v) is 3.81. The molecule has 8 nitrogen and oxygen atoms in total. The number of hydrogen-bond donors (Lipinski definition) is 1. The molecular formula is C25H20ClN5O3. The molecule has 0 aliphatic rings. The van der Waals surface area contributed by atoms with Crippen LogP contribution < -0.4 is 10.1 Å². The smallest absolute Gasteiger partial charge is 0.278 e. The van der Waals surface area contributed by atoms with Crippen LogP contribution in [-0.4, -0.2) is 32.7 Å². The normalized spacial score (nSPS) is 11.0. The third-order valence-electron chi connectivity index (χ3n) is 5.36. The van der Waals surface area contributed by atoms with E-state index in [1.807, 2.05) is 49.4 Å². The fraction of sp³-hybridized carbons (Fsp3) is 0.120. The van der Waals surface area contributed by atoms with Gasteiger partial charge in [-0.3, -0.25) is 4.79 Å². The van der Waals surface area contributed by atoms with Crippen LogP contribution in [-0.2, 0) is 0 Å². The van der Waals surface area contributed by atoms with Crippen LogP contribution in [0, 0.1) is 6.92 Å². The minimum absolute atomic E-state index is 0.217. The number of carbonyl (C=O) groups is 1. The van der Waals surface area contributed by atoms with Gasteiger partial charge in [0.25, 0.3) is 5.91 Å². The molecule has 0 saturated carbocycles. The second-order valence-electron chi connectivity index (χ2n) is 7.54. The number of amides is 1. The molecule has 1 amide bonds. The van der Waals surface area contributed by atoms with E-state index < -0.39 is 0 Å². The Morgan fingerprint density at radius 3 is 2.71 bits per heavy atom. The number of nitrogens with one attached hydrogen (secondary N) is 1. The highest BCUT2D eigenvalue weighted by Gasteiger charge is 2.20. The van der Waals surface area contributed by atoms with Crippen LogP contribution in [0.2, 0.25) is 5.02 Å². The Bertz CT molecular complexity index is 1490. The van der Waals surface area contributed by atoms with Crippen LogP contribution in [0.1, 0.15) is 23.1 Å². The van der Waals surface area contributed by atoms with Crippen molar-refractivity contribution in [1.29, 1.82) is 0 Å². The first-order valence-corrected chi connectivity index (χ1v) is 11.0. The molecule has 1 N–H and O–H groups in total. The van der Waals surface area contributed by atoms with Crippen LogP contribution in [0.4, 0.5) is 5.69 Å². The van der Waals surface area contributed by atoms with E-state index in [9.17, 15) is 4.79 Å². The largest absolute Gasteiger partial charge is 0.492 e. The Balaban J connectivity index is 1.47. The number of anilines is 1. The zero-order valence-corrected chi connectivity index (χ0v) is 19.2. The number of nitrogens with zero attached hydrogens (tertiary/aromatic N) is 4. The lowest BCUT2D eigenvalue weighted by Gasteiger charge is -2.10. The van der Waals surface area contributed by atoms with E-state index in [4.69, 9.17) is 20.9 Å². The number of hydrogen-bond acceptors (Lipinski definition) is 6. The predicted molar refractivity (Wildman–Crippen MR) is 130 cm³/mol. The third kappa shape index (κ3) is 3.99. The Hall–Kier alpha value is -4.17. The molecule has 3 aromatic carbocycles. The molecule has 0 unspecified atom stereocenters. The van der Waals surface area contributed by atoms with Gasteiger partial charge in [-0.1, -0.05) is 34.1 Å². The Morgan fingerprint density at radius 2 is 1.91 bits per heavy atom. The van der Waals surface area contributed by atoms with Crippen LogP contribution >= 0.6 is 11.6 Å². The Morgan fingerprint density at radius 1 is 1.12 bits per heavy atom. The molecule has 0 fully saturated rings. The Labute approximate surface area is 200 Å². The zero-order chi connectivity index (χ0) is 23.7. The van der Waals surface area contributed by atoms with Crippen LogP contribution in [0.3, 0.4) is 0 Å². The Kier molecular flexibility index (Phi) is 5.73. The minimum atomic E-state index is -0.371. The second-order valence-corrected chi connectivity index (χ2v) is 7.98. The van der Waals surface area contributed by atoms with E-state index in [0.29, 0.717) is 40.0 Å². The molecule has 5 rings (SSSR count). The summed E-state index contributed by atoms with van der Waals surface area (Å²) in [5.41, 5.74) is 3.67. The maximum Gasteiger partial charge on any atom is 0.278 e. The number of rotatable bonds is 6. The first kappa shape index (κ1) is 21.7. The van der Waals surface area contributed by atoms with Crippen molar-refractivity contribution in [3.8, 4) is 22.8 Å². The first-order valence-electron chi connectivity index (χ1n) is 10.7. The van der Waals surface area contributed by atoms with Crippen molar-refractivity contribution in [3.63, 3.8) is 0 Å². The molecule has 0 spiro atoms. The van der Waals surface area contributed by atoms with Crippen molar-refractivity contribution in [2.24, 2.45) is 0 Å². The number of para-hydroxylation sites is 2. The molecular weight excluding hydrogens is 454 g/mol. The number of ether oxygens (including phenoxy) is 1. The van der Waals surface area contributed by atoms with Crippen LogP contribution in [0.25, 0.3) is 27.9 Å². The molecule has 34 heavy (non-hydrogen) atoms. The molecule has 170 valence electrons. The average molecular weight is 474 g/mol. The lowest BCUT2D eigenvalue weighted by Crippen LogP contribution is -2.15. The van der Waals surface area contributed by atoms with Gasteiger partial charge in [0.15, 0.2) is 11.5 Å². The lowest BCUT2D eigenvalue weighted by molar-refractivity contribution is 0.102. The third-order valence-corrected chi connectivity index (χ3v) is 5.61. The van der Waals surface area contributed by atoms with E-state index >= 15 is 0 Å². The summed E-state index contributed by atoms with van der Waals surface area (Å²) in [5.74, 6) is 0.844. The van der Waals surface area contributed by atoms with Crippen LogP contribution in [0.15, 0.2) is 71.3 Å². The van der Waals surface area contributed by atoms with Gasteiger partial charge in [-0.05, 0) is 68.4 Å². The van der Waals surface area contributed by atoms with Gasteiger partial charge in [0.1, 0.15) is 11.3 Å². The molecule has 0 saturated heterocycles. The summed E-state index contributed by atoms with van der Waals surface area (Å²) in [6, 6.07) is 20.2. The van der Waals surface area contributed by atoms with E-state index in [1.54, 1.807) is 35.9 Å². The molecule has 2 heterocycles. The second kappa shape index (κ2) is 8.99. The average Bonchev–Trinajstić information content (AvgIpc) is 3.44. The highest BCUT2D eigenvalue weighted by molar-refractivity contribution is 6.30. The minimum Gasteiger partial charge on any atom is -0.492 e. The zero-order valence-electron chi connectivity index (χ0n) is 18.4. The summed E-state index contributed by atoms with van der Waals surface area (Å²) in [4.78, 5) is 13.0. The van der Waals surface area contributed by atoms with Crippen molar-refractivity contribution >= 4 is 34.1 Å². The predicted octanol–water partition coefficient (Wildman–Crippen LogP) is 5.69. The van der Waals surface area contributed by atoms with E-state index in [1.165, 1.54) is 0 Å². The summed E-state index contributed by atoms with van der Waals surface area (Å²) in [5, 5.41) is 16.8. The van der Waals surface area contributed by atoms with Crippen molar-refractivity contribution in [1.82, 2.24) is 20.2 Å². The lowest BCUT2D eigenvalue weighted by atomic mass is 10.1. The molecule has 0 atom stereocenters. The molecule has 0 radical (unpaired) electrons. The van der Waals surface area contributed by atoms with Gasteiger partial charge in [-0.15, -0.1) is 5.10 Å². The van der Waals surface area contributed by atoms with Gasteiger partial charge in [0.2, 0.25) is 0 Å². The fourth-order valence-electron chi connectivity index (χ4n) is 3.69. The maximum absolute atomic E-state index is 13.0. The van der Waals surface area contributed by atoms with Gasteiger partial charge in [-0.25, -0.2) is 4.68 Å². The number of fused-ring (bicyclic) bond motifs is 1. The molecule has 5 aromatic rings. The van der Waals surface area contributed by atoms with E-state index in [2.05, 4.69) is 20.8 Å². The topological polar surface area (TPSA) is 95.1 Å². The molecule has 9 heteroatoms. The summed E-state index contributed by atoms with van der Waals surface area (Å²) in [6.45, 7) is 4.17. The summed E-state index contributed by atoms with van der Waals surface area (Å²) >= 11 is 6.01. The highest BCUT2D eigenvalue weighted by Crippen LogP contribution is 2.31. The van der Waals surface area contributed by atoms with Crippen molar-refractivity contribution < 1.29 is 14.1 Å². The molecule has 0 aliphatic carbocycles. The van der Waals surface area contributed by atoms with Crippen molar-refractivity contribution in [2.75, 3.05) is 11.9 Å². The molecule has 0 aliphatic heterocycles. The monoisotopic (exact) mass is 473 g/mol. The summed E-state index contributed by atoms with van der Waals surface area (Å²) < 4.78 is 12.8. The van der Waals surface area contributed by atoms with E-state index in [-0.39, 0.29) is 11.6 Å². The van der Waals surface area contributed by atoms with E-state index in [0.717, 1.165) is 16.6 Å². The van der Waals surface area contributed by atoms with Gasteiger partial charge >= 0.3 is 0 Å². The summed E-state index contributed by atoms with van der Waals surface area (Å²) in [6.07, 6.45) is 0. The molecule has 2 aromatic heterocycles. The van der Waals surface area contributed by atoms with Gasteiger partial charge in [0.05, 0.1) is 29.1 Å². The summed E-state index contributed by atoms with van der Waals surface area (Å²) in [7, 11) is 0. The number of carbonyl (C=O) groups excluding carboxylic acids is 1. The first-order chi connectivity index (χ1) is 16.5. The van der Waals surface area contributed by atoms with Gasteiger partial charge in [-0.2, -0.15) is 0 Å². The van der Waals surface area contributed by atoms with Crippen molar-refractivity contribution in [2.45, 2.75) is 13.8 Å². The van der Waals surface area contributed by atoms with Gasteiger partial charge < -0.3 is 14.6 Å². The maximum atomic E-state index is 13.0.